The second-order valence-corrected chi connectivity index (χ2v) is 5.12. The van der Waals surface area contributed by atoms with Crippen LogP contribution < -0.4 is 10.6 Å². The van der Waals surface area contributed by atoms with Crippen LogP contribution in [0.4, 0.5) is 5.69 Å². The fourth-order valence-electron chi connectivity index (χ4n) is 2.83. The van der Waals surface area contributed by atoms with Crippen LogP contribution in [0.25, 0.3) is 0 Å². The predicted octanol–water partition coefficient (Wildman–Crippen LogP) is 3.48. The van der Waals surface area contributed by atoms with Crippen molar-refractivity contribution in [2.24, 2.45) is 5.73 Å². The number of para-hydroxylation sites is 1. The van der Waals surface area contributed by atoms with Crippen LogP contribution in [-0.4, -0.2) is 13.1 Å². The van der Waals surface area contributed by atoms with Crippen molar-refractivity contribution in [1.82, 2.24) is 0 Å². The van der Waals surface area contributed by atoms with Gasteiger partial charge < -0.3 is 10.6 Å². The van der Waals surface area contributed by atoms with E-state index >= 15 is 0 Å². The van der Waals surface area contributed by atoms with Crippen LogP contribution in [0.15, 0.2) is 24.3 Å². The summed E-state index contributed by atoms with van der Waals surface area (Å²) in [4.78, 5) is 2.44. The van der Waals surface area contributed by atoms with Crippen molar-refractivity contribution < 1.29 is 0 Å². The smallest absolute Gasteiger partial charge is 0.0414 e. The predicted molar refractivity (Wildman–Crippen MR) is 74.3 cm³/mol. The maximum Gasteiger partial charge on any atom is 0.0414 e. The van der Waals surface area contributed by atoms with E-state index in [4.69, 9.17) is 5.73 Å². The van der Waals surface area contributed by atoms with Crippen LogP contribution >= 0.6 is 0 Å². The Morgan fingerprint density at radius 3 is 2.59 bits per heavy atom. The third-order valence-corrected chi connectivity index (χ3v) is 4.03. The standard InChI is InChI=1S/C15H24N2/c1-3-14(16)13-10-6-7-11-15(13)17(2)12-8-4-5-9-12/h6-7,10-12,14H,3-5,8-9,16H2,1-2H3. The molecule has 0 radical (unpaired) electrons. The first-order chi connectivity index (χ1) is 8.24. The van der Waals surface area contributed by atoms with E-state index in [9.17, 15) is 0 Å². The molecular weight excluding hydrogens is 208 g/mol. The summed E-state index contributed by atoms with van der Waals surface area (Å²) >= 11 is 0. The lowest BCUT2D eigenvalue weighted by molar-refractivity contribution is 0.638. The van der Waals surface area contributed by atoms with Gasteiger partial charge in [0.05, 0.1) is 0 Å². The number of nitrogens with two attached hydrogens (primary N) is 1. The molecule has 1 atom stereocenters. The number of nitrogens with zero attached hydrogens (tertiary/aromatic N) is 1. The summed E-state index contributed by atoms with van der Waals surface area (Å²) in [5, 5.41) is 0. The second-order valence-electron chi connectivity index (χ2n) is 5.12. The van der Waals surface area contributed by atoms with Gasteiger partial charge in [-0.2, -0.15) is 0 Å². The van der Waals surface area contributed by atoms with E-state index in [-0.39, 0.29) is 6.04 Å². The summed E-state index contributed by atoms with van der Waals surface area (Å²) < 4.78 is 0. The minimum atomic E-state index is 0.162. The Balaban J connectivity index is 2.24. The van der Waals surface area contributed by atoms with Gasteiger partial charge in [0.15, 0.2) is 0 Å². The molecular formula is C15H24N2. The van der Waals surface area contributed by atoms with Crippen molar-refractivity contribution in [3.63, 3.8) is 0 Å². The van der Waals surface area contributed by atoms with Gasteiger partial charge in [-0.15, -0.1) is 0 Å². The molecule has 2 rings (SSSR count). The second kappa shape index (κ2) is 5.54. The minimum Gasteiger partial charge on any atom is -0.371 e. The number of rotatable bonds is 4. The van der Waals surface area contributed by atoms with Gasteiger partial charge in [0.1, 0.15) is 0 Å². The molecule has 0 bridgehead atoms. The van der Waals surface area contributed by atoms with Crippen molar-refractivity contribution in [2.45, 2.75) is 51.1 Å². The van der Waals surface area contributed by atoms with Crippen molar-refractivity contribution in [1.29, 1.82) is 0 Å². The quantitative estimate of drug-likeness (QED) is 0.861. The number of hydrogen-bond donors (Lipinski definition) is 1. The highest BCUT2D eigenvalue weighted by Crippen LogP contribution is 2.31. The molecule has 1 fully saturated rings. The number of anilines is 1. The topological polar surface area (TPSA) is 29.3 Å². The first-order valence-electron chi connectivity index (χ1n) is 6.81. The SMILES string of the molecule is CCC(N)c1ccccc1N(C)C1CCCC1. The van der Waals surface area contributed by atoms with Crippen LogP contribution in [-0.2, 0) is 0 Å². The molecule has 0 aliphatic heterocycles. The Morgan fingerprint density at radius 2 is 1.94 bits per heavy atom. The molecule has 1 aromatic carbocycles. The van der Waals surface area contributed by atoms with Crippen molar-refractivity contribution >= 4 is 5.69 Å². The molecule has 0 spiro atoms. The molecule has 1 aliphatic rings. The van der Waals surface area contributed by atoms with Crippen LogP contribution in [0.3, 0.4) is 0 Å². The molecule has 2 N–H and O–H groups in total. The lowest BCUT2D eigenvalue weighted by Gasteiger charge is -2.30. The molecule has 0 saturated heterocycles. The summed E-state index contributed by atoms with van der Waals surface area (Å²) in [7, 11) is 2.22. The Kier molecular flexibility index (Phi) is 4.06. The molecule has 1 saturated carbocycles. The summed E-state index contributed by atoms with van der Waals surface area (Å²) in [6.07, 6.45) is 6.39. The first kappa shape index (κ1) is 12.4. The summed E-state index contributed by atoms with van der Waals surface area (Å²) in [5.74, 6) is 0. The van der Waals surface area contributed by atoms with Crippen molar-refractivity contribution in [2.75, 3.05) is 11.9 Å². The highest BCUT2D eigenvalue weighted by Gasteiger charge is 2.22. The fraction of sp³-hybridized carbons (Fsp3) is 0.600. The summed E-state index contributed by atoms with van der Waals surface area (Å²) in [6.45, 7) is 2.15. The van der Waals surface area contributed by atoms with Gasteiger partial charge in [0.25, 0.3) is 0 Å². The lowest BCUT2D eigenvalue weighted by Crippen LogP contribution is -2.30. The molecule has 0 amide bonds. The highest BCUT2D eigenvalue weighted by atomic mass is 15.1. The Morgan fingerprint density at radius 1 is 1.29 bits per heavy atom. The Labute approximate surface area is 105 Å². The fourth-order valence-corrected chi connectivity index (χ4v) is 2.83. The zero-order valence-electron chi connectivity index (χ0n) is 11.0. The van der Waals surface area contributed by atoms with Gasteiger partial charge in [-0.1, -0.05) is 38.0 Å². The first-order valence-corrected chi connectivity index (χ1v) is 6.81. The van der Waals surface area contributed by atoms with Crippen LogP contribution in [0, 0.1) is 0 Å². The van der Waals surface area contributed by atoms with Gasteiger partial charge in [-0.25, -0.2) is 0 Å². The molecule has 1 aliphatic carbocycles. The van der Waals surface area contributed by atoms with Crippen LogP contribution in [0.1, 0.15) is 50.6 Å². The molecule has 2 heteroatoms. The average molecular weight is 232 g/mol. The number of hydrogen-bond acceptors (Lipinski definition) is 2. The lowest BCUT2D eigenvalue weighted by atomic mass is 10.0. The van der Waals surface area contributed by atoms with Gasteiger partial charge in [-0.05, 0) is 30.9 Å². The molecule has 1 aromatic rings. The number of benzene rings is 1. The molecule has 0 heterocycles. The zero-order valence-corrected chi connectivity index (χ0v) is 11.0. The Bertz CT molecular complexity index is 356. The molecule has 1 unspecified atom stereocenters. The van der Waals surface area contributed by atoms with Crippen molar-refractivity contribution in [3.8, 4) is 0 Å². The molecule has 94 valence electrons. The summed E-state index contributed by atoms with van der Waals surface area (Å²) in [5.41, 5.74) is 8.83. The highest BCUT2D eigenvalue weighted by molar-refractivity contribution is 5.55. The van der Waals surface area contributed by atoms with E-state index in [0.717, 1.165) is 6.42 Å². The van der Waals surface area contributed by atoms with Gasteiger partial charge in [-0.3, -0.25) is 0 Å². The third kappa shape index (κ3) is 2.63. The van der Waals surface area contributed by atoms with Crippen LogP contribution in [0.5, 0.6) is 0 Å². The molecule has 17 heavy (non-hydrogen) atoms. The van der Waals surface area contributed by atoms with Crippen LogP contribution in [0.2, 0.25) is 0 Å². The van der Waals surface area contributed by atoms with Gasteiger partial charge >= 0.3 is 0 Å². The Hall–Kier alpha value is -1.02. The minimum absolute atomic E-state index is 0.162. The monoisotopic (exact) mass is 232 g/mol. The maximum atomic E-state index is 6.20. The van der Waals surface area contributed by atoms with E-state index in [1.807, 2.05) is 0 Å². The van der Waals surface area contributed by atoms with E-state index in [1.54, 1.807) is 0 Å². The van der Waals surface area contributed by atoms with E-state index in [0.29, 0.717) is 6.04 Å². The third-order valence-electron chi connectivity index (χ3n) is 4.03. The molecule has 2 nitrogen and oxygen atoms in total. The van der Waals surface area contributed by atoms with E-state index in [2.05, 4.69) is 43.1 Å². The normalized spacial score (nSPS) is 18.3. The summed E-state index contributed by atoms with van der Waals surface area (Å²) in [6, 6.07) is 9.47. The van der Waals surface area contributed by atoms with E-state index in [1.165, 1.54) is 36.9 Å². The van der Waals surface area contributed by atoms with Gasteiger partial charge in [0.2, 0.25) is 0 Å². The maximum absolute atomic E-state index is 6.20. The van der Waals surface area contributed by atoms with Crippen molar-refractivity contribution in [3.05, 3.63) is 29.8 Å². The largest absolute Gasteiger partial charge is 0.371 e. The van der Waals surface area contributed by atoms with E-state index < -0.39 is 0 Å². The average Bonchev–Trinajstić information content (AvgIpc) is 2.91. The zero-order chi connectivity index (χ0) is 12.3. The van der Waals surface area contributed by atoms with Gasteiger partial charge in [0, 0.05) is 24.8 Å². The molecule has 0 aromatic heterocycles.